The van der Waals surface area contributed by atoms with Crippen LogP contribution in [-0.2, 0) is 4.79 Å². The Kier molecular flexibility index (Phi) is 3.83. The minimum absolute atomic E-state index is 0.192. The van der Waals surface area contributed by atoms with Crippen molar-refractivity contribution in [3.63, 3.8) is 0 Å². The van der Waals surface area contributed by atoms with Gasteiger partial charge in [-0.05, 0) is 32.4 Å². The van der Waals surface area contributed by atoms with Crippen molar-refractivity contribution < 1.29 is 4.79 Å². The summed E-state index contributed by atoms with van der Waals surface area (Å²) >= 11 is 0. The zero-order valence-corrected chi connectivity index (χ0v) is 7.33. The molecule has 66 valence electrons. The molecule has 2 heteroatoms. The summed E-state index contributed by atoms with van der Waals surface area (Å²) in [5.74, 6) is 2.75. The van der Waals surface area contributed by atoms with E-state index in [1.165, 1.54) is 12.8 Å². The van der Waals surface area contributed by atoms with Crippen LogP contribution in [0.3, 0.4) is 0 Å². The van der Waals surface area contributed by atoms with Crippen LogP contribution in [0.1, 0.15) is 25.7 Å². The maximum absolute atomic E-state index is 10.2. The van der Waals surface area contributed by atoms with Gasteiger partial charge < -0.3 is 4.79 Å². The molecule has 1 saturated heterocycles. The molecule has 1 atom stereocenters. The fraction of sp³-hybridized carbons (Fsp3) is 0.700. The Morgan fingerprint density at radius 2 is 2.17 bits per heavy atom. The predicted molar refractivity (Wildman–Crippen MR) is 48.7 cm³/mol. The average Bonchev–Trinajstić information content (AvgIpc) is 2.59. The third kappa shape index (κ3) is 2.35. The van der Waals surface area contributed by atoms with Crippen molar-refractivity contribution in [1.29, 1.82) is 0 Å². The van der Waals surface area contributed by atoms with Crippen molar-refractivity contribution in [2.24, 2.45) is 0 Å². The summed E-state index contributed by atoms with van der Waals surface area (Å²) in [6.07, 6.45) is 10.2. The lowest BCUT2D eigenvalue weighted by Gasteiger charge is -2.21. The van der Waals surface area contributed by atoms with Crippen molar-refractivity contribution in [3.8, 4) is 12.3 Å². The van der Waals surface area contributed by atoms with Gasteiger partial charge in [0.15, 0.2) is 0 Å². The van der Waals surface area contributed by atoms with Gasteiger partial charge >= 0.3 is 0 Å². The molecule has 0 N–H and O–H groups in total. The van der Waals surface area contributed by atoms with Crippen LogP contribution in [0.4, 0.5) is 0 Å². The summed E-state index contributed by atoms with van der Waals surface area (Å²) in [4.78, 5) is 12.4. The predicted octanol–water partition coefficient (Wildman–Crippen LogP) is 1.06. The van der Waals surface area contributed by atoms with Gasteiger partial charge in [-0.3, -0.25) is 4.90 Å². The molecule has 0 aromatic rings. The van der Waals surface area contributed by atoms with Gasteiger partial charge in [0, 0.05) is 6.42 Å². The Bertz CT molecular complexity index is 177. The Hall–Kier alpha value is -0.810. The molecule has 12 heavy (non-hydrogen) atoms. The first-order chi connectivity index (χ1) is 5.88. The maximum Gasteiger partial charge on any atom is 0.120 e. The van der Waals surface area contributed by atoms with Crippen molar-refractivity contribution >= 4 is 6.29 Å². The average molecular weight is 165 g/mol. The van der Waals surface area contributed by atoms with Gasteiger partial charge in [0.1, 0.15) is 6.29 Å². The van der Waals surface area contributed by atoms with Gasteiger partial charge in [0.2, 0.25) is 0 Å². The highest BCUT2D eigenvalue weighted by molar-refractivity contribution is 5.49. The number of likely N-dealkylation sites (tertiary alicyclic amines) is 1. The number of hydrogen-bond donors (Lipinski definition) is 0. The molecule has 1 heterocycles. The molecule has 1 fully saturated rings. The van der Waals surface area contributed by atoms with Crippen molar-refractivity contribution in [2.75, 3.05) is 13.1 Å². The third-order valence-electron chi connectivity index (χ3n) is 2.33. The fourth-order valence-corrected chi connectivity index (χ4v) is 1.65. The maximum atomic E-state index is 10.2. The smallest absolute Gasteiger partial charge is 0.120 e. The standard InChI is InChI=1S/C10H15NO/c1-2-10(6-5-9-12)11-7-3-4-8-11/h1,9-10H,3-8H2. The number of carbonyl (C=O) groups is 1. The van der Waals surface area contributed by atoms with Crippen LogP contribution in [0.2, 0.25) is 0 Å². The van der Waals surface area contributed by atoms with E-state index in [9.17, 15) is 4.79 Å². The molecule has 0 aromatic heterocycles. The SMILES string of the molecule is C#CC(CCC=O)N1CCCC1. The molecule has 0 amide bonds. The first-order valence-corrected chi connectivity index (χ1v) is 4.52. The number of nitrogens with zero attached hydrogens (tertiary/aromatic N) is 1. The Morgan fingerprint density at radius 1 is 1.50 bits per heavy atom. The van der Waals surface area contributed by atoms with Crippen molar-refractivity contribution in [3.05, 3.63) is 0 Å². The van der Waals surface area contributed by atoms with Gasteiger partial charge in [0.25, 0.3) is 0 Å². The van der Waals surface area contributed by atoms with Crippen LogP contribution < -0.4 is 0 Å². The van der Waals surface area contributed by atoms with E-state index in [0.29, 0.717) is 6.42 Å². The topological polar surface area (TPSA) is 20.3 Å². The van der Waals surface area contributed by atoms with E-state index in [1.807, 2.05) is 0 Å². The lowest BCUT2D eigenvalue weighted by Crippen LogP contribution is -2.31. The van der Waals surface area contributed by atoms with Crippen LogP contribution >= 0.6 is 0 Å². The minimum atomic E-state index is 0.192. The number of carbonyl (C=O) groups excluding carboxylic acids is 1. The van der Waals surface area contributed by atoms with Crippen molar-refractivity contribution in [1.82, 2.24) is 4.90 Å². The monoisotopic (exact) mass is 165 g/mol. The van der Waals surface area contributed by atoms with Gasteiger partial charge in [0.05, 0.1) is 6.04 Å². The lowest BCUT2D eigenvalue weighted by atomic mass is 10.1. The molecule has 0 bridgehead atoms. The normalized spacial score (nSPS) is 20.2. The number of hydrogen-bond acceptors (Lipinski definition) is 2. The van der Waals surface area contributed by atoms with Crippen LogP contribution in [0.25, 0.3) is 0 Å². The third-order valence-corrected chi connectivity index (χ3v) is 2.33. The van der Waals surface area contributed by atoms with E-state index < -0.39 is 0 Å². The van der Waals surface area contributed by atoms with Gasteiger partial charge in [-0.2, -0.15) is 0 Å². The summed E-state index contributed by atoms with van der Waals surface area (Å²) < 4.78 is 0. The number of aldehydes is 1. The van der Waals surface area contributed by atoms with Crippen LogP contribution in [0.5, 0.6) is 0 Å². The summed E-state index contributed by atoms with van der Waals surface area (Å²) in [5.41, 5.74) is 0. The van der Waals surface area contributed by atoms with E-state index in [-0.39, 0.29) is 6.04 Å². The highest BCUT2D eigenvalue weighted by Gasteiger charge is 2.18. The number of terminal acetylenes is 1. The summed E-state index contributed by atoms with van der Waals surface area (Å²) in [7, 11) is 0. The van der Waals surface area contributed by atoms with Crippen LogP contribution in [-0.4, -0.2) is 30.3 Å². The molecule has 0 aliphatic carbocycles. The molecule has 1 unspecified atom stereocenters. The highest BCUT2D eigenvalue weighted by atomic mass is 16.1. The van der Waals surface area contributed by atoms with E-state index in [0.717, 1.165) is 25.8 Å². The van der Waals surface area contributed by atoms with Crippen molar-refractivity contribution in [2.45, 2.75) is 31.7 Å². The summed E-state index contributed by atoms with van der Waals surface area (Å²) in [6, 6.07) is 0.192. The largest absolute Gasteiger partial charge is 0.303 e. The molecule has 1 rings (SSSR count). The highest BCUT2D eigenvalue weighted by Crippen LogP contribution is 2.14. The minimum Gasteiger partial charge on any atom is -0.303 e. The number of rotatable bonds is 4. The molecular weight excluding hydrogens is 150 g/mol. The first-order valence-electron chi connectivity index (χ1n) is 4.52. The zero-order valence-electron chi connectivity index (χ0n) is 7.33. The summed E-state index contributed by atoms with van der Waals surface area (Å²) in [6.45, 7) is 2.21. The quantitative estimate of drug-likeness (QED) is 0.458. The molecule has 2 nitrogen and oxygen atoms in total. The Morgan fingerprint density at radius 3 is 2.67 bits per heavy atom. The molecule has 0 aromatic carbocycles. The summed E-state index contributed by atoms with van der Waals surface area (Å²) in [5, 5.41) is 0. The Balaban J connectivity index is 2.33. The molecular formula is C10H15NO. The van der Waals surface area contributed by atoms with Gasteiger partial charge in [-0.15, -0.1) is 6.42 Å². The van der Waals surface area contributed by atoms with Crippen LogP contribution in [0.15, 0.2) is 0 Å². The van der Waals surface area contributed by atoms with Gasteiger partial charge in [-0.1, -0.05) is 5.92 Å². The Labute approximate surface area is 73.9 Å². The van der Waals surface area contributed by atoms with E-state index >= 15 is 0 Å². The molecule has 1 aliphatic rings. The molecule has 0 radical (unpaired) electrons. The first kappa shape index (κ1) is 9.28. The second-order valence-electron chi connectivity index (χ2n) is 3.17. The zero-order chi connectivity index (χ0) is 8.81. The second-order valence-corrected chi connectivity index (χ2v) is 3.17. The van der Waals surface area contributed by atoms with E-state index in [1.54, 1.807) is 0 Å². The molecule has 0 saturated carbocycles. The molecule has 1 aliphatic heterocycles. The molecule has 0 spiro atoms. The lowest BCUT2D eigenvalue weighted by molar-refractivity contribution is -0.108. The van der Waals surface area contributed by atoms with Crippen LogP contribution in [0, 0.1) is 12.3 Å². The van der Waals surface area contributed by atoms with E-state index in [2.05, 4.69) is 10.8 Å². The second kappa shape index (κ2) is 4.95. The van der Waals surface area contributed by atoms with Gasteiger partial charge in [-0.25, -0.2) is 0 Å². The fourth-order valence-electron chi connectivity index (χ4n) is 1.65. The van der Waals surface area contributed by atoms with E-state index in [4.69, 9.17) is 6.42 Å².